The molecule has 2 bridgehead atoms. The highest BCUT2D eigenvalue weighted by molar-refractivity contribution is 5.98. The van der Waals surface area contributed by atoms with Gasteiger partial charge in [-0.3, -0.25) is 0 Å². The standard InChI is InChI=1S/C24H32.C24H26.C18H18.C17H32.C16H30.C14H24.C10H20.6C2H6.2CH4.H2/c1-5-19-7-9-21(10-8-19)22-11-13-23(14-12-22)24-16-15-20(6-2)17(3)18(24)4;1-3-19-5-9-21(10-6-19)17-23-13-15-24(16-14-23)18-22-11-7-20(4-2)8-12-22;1-3-13-5-7-15-12-18-10-14(4-2)6-8-16(18)11-17(15)9-13;1-3-14-5-9-16(10-6-14)13-17-11-7-15(4-2)8-12-17;1-3-13-5-9-15(10-6-13)16-11-7-14(4-2)8-12-16;1-3-9-5-12-11-7-10(4-2)13(8-11)14(12)6-9;1-3-9-5-7-10(4-2)8-6-9;6*1-2;;;/h11-16,19,21H,5-10H2,1-4H3;5-16H,3-4,17-18H2,1-2H3;5-12H,3-4H2,1-2H3;14-17H,3-13H2,1-2H3;13-16H,3-12H2,1-2H3;9-14H,3-8H2,1-2H3;9-10H,3-8H2,1-2H3;6*1-2H3;2*1H4;1H. The lowest BCUT2D eigenvalue weighted by Gasteiger charge is -2.37. The number of fused-ring (bicyclic) bond motifs is 7. The van der Waals surface area contributed by atoms with Crippen molar-refractivity contribution >= 4 is 21.5 Å². The summed E-state index contributed by atoms with van der Waals surface area (Å²) in [6, 6.07) is 59.3. The van der Waals surface area contributed by atoms with Gasteiger partial charge in [-0.05, 0) is 360 Å². The molecule has 0 N–H and O–H groups in total. The van der Waals surface area contributed by atoms with Crippen LogP contribution in [0.5, 0.6) is 0 Å². The first-order valence-corrected chi connectivity index (χ1v) is 59.4. The minimum atomic E-state index is 0. The molecule has 0 amide bonds. The average molecular weight is 1880 g/mol. The topological polar surface area (TPSA) is 0 Å². The SMILES string of the molecule is C.C.CC.CC.CC.CC.CC.CC.CCC1CC2C3CC(CC)C(C3)C2C1.CCC1CCC(C2CCC(CC)CC2)CC1.CCC1CCC(CC)CC1.CCC1CCC(CC2CCC(CC)CC2)CC1.CCc1ccc(-c2ccc(C3CCC(CC)CC3)cc2)c(C)c1C.CCc1ccc(Cc2ccc(Cc3ccc(CC)cc3)cc2)cc1.CCc1ccc2cc3cc(CC)ccc3cc2c1.[HH]. The zero-order valence-corrected chi connectivity index (χ0v) is 94.2. The first kappa shape index (κ1) is 125. The Morgan fingerprint density at radius 2 is 0.526 bits per heavy atom. The lowest BCUT2D eigenvalue weighted by atomic mass is 9.68. The Labute approximate surface area is 857 Å². The predicted octanol–water partition coefficient (Wildman–Crippen LogP) is 44.9. The molecule has 0 aromatic heterocycles. The summed E-state index contributed by atoms with van der Waals surface area (Å²) in [6.07, 6.45) is 64.6. The Balaban J connectivity index is 0.000000538. The number of hydrogen-bond acceptors (Lipinski definition) is 0. The van der Waals surface area contributed by atoms with Gasteiger partial charge in [-0.2, -0.15) is 0 Å². The van der Waals surface area contributed by atoms with E-state index in [4.69, 9.17) is 0 Å². The van der Waals surface area contributed by atoms with Gasteiger partial charge in [-0.15, -0.1) is 0 Å². The quantitative estimate of drug-likeness (QED) is 0.0560. The Morgan fingerprint density at radius 1 is 0.226 bits per heavy atom. The smallest absolute Gasteiger partial charge is 0 e. The lowest BCUT2D eigenvalue weighted by Crippen LogP contribution is -2.25. The first-order chi connectivity index (χ1) is 66.0. The van der Waals surface area contributed by atoms with E-state index in [0.29, 0.717) is 0 Å². The van der Waals surface area contributed by atoms with Gasteiger partial charge >= 0.3 is 0 Å². The molecule has 0 aliphatic heterocycles. The van der Waals surface area contributed by atoms with Crippen molar-refractivity contribution in [2.75, 3.05) is 0 Å². The molecule has 137 heavy (non-hydrogen) atoms. The molecular formula is C137H228. The summed E-state index contributed by atoms with van der Waals surface area (Å²) in [5.41, 5.74) is 19.8. The monoisotopic (exact) mass is 1870 g/mol. The van der Waals surface area contributed by atoms with Gasteiger partial charge < -0.3 is 0 Å². The minimum absolute atomic E-state index is 0. The summed E-state index contributed by atoms with van der Waals surface area (Å²) in [7, 11) is 0. The van der Waals surface area contributed by atoms with Crippen molar-refractivity contribution in [1.82, 2.24) is 0 Å². The van der Waals surface area contributed by atoms with Crippen molar-refractivity contribution < 1.29 is 1.43 Å². The summed E-state index contributed by atoms with van der Waals surface area (Å²) < 4.78 is 0. The largest absolute Gasteiger partial charge is 0.0776 e. The maximum Gasteiger partial charge on any atom is 0 e. The molecular weight excluding hydrogens is 1650 g/mol. The normalized spacial score (nSPS) is 25.1. The molecule has 0 radical (unpaired) electrons. The van der Waals surface area contributed by atoms with Crippen LogP contribution in [0.1, 0.15) is 513 Å². The molecule has 8 aromatic rings. The fourth-order valence-corrected chi connectivity index (χ4v) is 25.5. The molecule has 0 heteroatoms. The minimum Gasteiger partial charge on any atom is -0.0776 e. The average Bonchev–Trinajstić information content (AvgIpc) is 1.58. The fraction of sp³-hybridized carbons (Fsp3) is 0.679. The molecule has 776 valence electrons. The van der Waals surface area contributed by atoms with E-state index in [9.17, 15) is 0 Å². The Kier molecular flexibility index (Phi) is 66.4. The molecule has 0 spiro atoms. The predicted molar refractivity (Wildman–Crippen MR) is 627 cm³/mol. The maximum absolute atomic E-state index is 2.41. The van der Waals surface area contributed by atoms with Gasteiger partial charge in [0, 0.05) is 1.43 Å². The molecule has 6 atom stereocenters. The summed E-state index contributed by atoms with van der Waals surface area (Å²) in [6.45, 7) is 60.9. The van der Waals surface area contributed by atoms with Crippen LogP contribution in [0.2, 0.25) is 0 Å². The summed E-state index contributed by atoms with van der Waals surface area (Å²) in [5, 5.41) is 5.39. The Morgan fingerprint density at radius 3 is 0.839 bits per heavy atom. The molecule has 9 fully saturated rings. The highest BCUT2D eigenvalue weighted by atomic mass is 14.6. The third-order valence-corrected chi connectivity index (χ3v) is 35.1. The van der Waals surface area contributed by atoms with Gasteiger partial charge in [0.1, 0.15) is 0 Å². The van der Waals surface area contributed by atoms with E-state index in [1.807, 2.05) is 83.1 Å². The van der Waals surface area contributed by atoms with Crippen molar-refractivity contribution in [3.63, 3.8) is 0 Å². The van der Waals surface area contributed by atoms with E-state index in [1.165, 1.54) is 266 Å². The van der Waals surface area contributed by atoms with Crippen LogP contribution in [0, 0.1) is 114 Å². The number of hydrogen-bond donors (Lipinski definition) is 0. The lowest BCUT2D eigenvalue weighted by molar-refractivity contribution is 0.144. The van der Waals surface area contributed by atoms with Crippen molar-refractivity contribution in [3.05, 3.63) is 224 Å². The first-order valence-electron chi connectivity index (χ1n) is 59.4. The molecule has 0 heterocycles. The van der Waals surface area contributed by atoms with E-state index >= 15 is 0 Å². The van der Waals surface area contributed by atoms with Gasteiger partial charge in [0.05, 0.1) is 0 Å². The zero-order valence-electron chi connectivity index (χ0n) is 94.2. The third-order valence-electron chi connectivity index (χ3n) is 35.1. The summed E-state index contributed by atoms with van der Waals surface area (Å²) in [4.78, 5) is 0. The van der Waals surface area contributed by atoms with Gasteiger partial charge in [-0.25, -0.2) is 0 Å². The Bertz CT molecular complexity index is 4030. The van der Waals surface area contributed by atoms with Crippen LogP contribution >= 0.6 is 0 Å². The number of aryl methyl sites for hydroxylation is 5. The van der Waals surface area contributed by atoms with Crippen LogP contribution in [0.25, 0.3) is 32.7 Å². The Hall–Kier alpha value is -5.72. The molecule has 17 rings (SSSR count). The second kappa shape index (κ2) is 72.5. The van der Waals surface area contributed by atoms with Crippen LogP contribution in [0.4, 0.5) is 0 Å². The molecule has 6 unspecified atom stereocenters. The molecule has 9 aliphatic rings. The van der Waals surface area contributed by atoms with E-state index in [0.717, 1.165) is 140 Å². The zero-order chi connectivity index (χ0) is 99.0. The molecule has 9 saturated carbocycles. The van der Waals surface area contributed by atoms with Crippen LogP contribution in [0.3, 0.4) is 0 Å². The van der Waals surface area contributed by atoms with Crippen molar-refractivity contribution in [3.8, 4) is 11.1 Å². The van der Waals surface area contributed by atoms with Crippen molar-refractivity contribution in [2.45, 2.75) is 504 Å². The third kappa shape index (κ3) is 40.8. The van der Waals surface area contributed by atoms with E-state index in [-0.39, 0.29) is 16.3 Å². The molecule has 8 aromatic carbocycles. The van der Waals surface area contributed by atoms with Gasteiger partial charge in [0.25, 0.3) is 0 Å². The molecule has 0 saturated heterocycles. The molecule has 9 aliphatic carbocycles. The highest BCUT2D eigenvalue weighted by Gasteiger charge is 2.55. The van der Waals surface area contributed by atoms with E-state index in [2.05, 4.69) is 269 Å². The van der Waals surface area contributed by atoms with Crippen LogP contribution in [-0.2, 0) is 44.9 Å². The summed E-state index contributed by atoms with van der Waals surface area (Å²) >= 11 is 0. The van der Waals surface area contributed by atoms with Gasteiger partial charge in [-0.1, -0.05) is 501 Å². The van der Waals surface area contributed by atoms with Crippen molar-refractivity contribution in [1.29, 1.82) is 0 Å². The number of benzene rings is 8. The van der Waals surface area contributed by atoms with E-state index in [1.54, 1.807) is 89.0 Å². The van der Waals surface area contributed by atoms with Crippen LogP contribution in [-0.4, -0.2) is 0 Å². The second-order valence-electron chi connectivity index (χ2n) is 42.1. The fourth-order valence-electron chi connectivity index (χ4n) is 25.5. The summed E-state index contributed by atoms with van der Waals surface area (Å²) in [5.74, 6) is 19.5. The molecule has 0 nitrogen and oxygen atoms in total. The van der Waals surface area contributed by atoms with Crippen LogP contribution in [0.15, 0.2) is 158 Å². The maximum atomic E-state index is 2.41. The van der Waals surface area contributed by atoms with Crippen LogP contribution < -0.4 is 0 Å². The number of rotatable bonds is 23. The van der Waals surface area contributed by atoms with E-state index < -0.39 is 0 Å². The van der Waals surface area contributed by atoms with Crippen molar-refractivity contribution in [2.24, 2.45) is 101 Å². The second-order valence-corrected chi connectivity index (χ2v) is 42.1. The van der Waals surface area contributed by atoms with Gasteiger partial charge in [0.15, 0.2) is 0 Å². The highest BCUT2D eigenvalue weighted by Crippen LogP contribution is 2.63. The van der Waals surface area contributed by atoms with Gasteiger partial charge in [0.2, 0.25) is 0 Å².